The van der Waals surface area contributed by atoms with Gasteiger partial charge in [-0.3, -0.25) is 0 Å². The SMILES string of the molecule is CCCNc1ncc2c(-c3ccc4nccn4c3)ccn2n1. The van der Waals surface area contributed by atoms with Crippen LogP contribution in [0.5, 0.6) is 0 Å². The molecule has 0 atom stereocenters. The van der Waals surface area contributed by atoms with E-state index in [0.717, 1.165) is 35.3 Å². The van der Waals surface area contributed by atoms with Crippen LogP contribution in [0.25, 0.3) is 22.3 Å². The molecule has 6 heteroatoms. The average molecular weight is 292 g/mol. The second-order valence-corrected chi connectivity index (χ2v) is 5.18. The number of rotatable bonds is 4. The molecule has 4 heterocycles. The van der Waals surface area contributed by atoms with Gasteiger partial charge < -0.3 is 9.72 Å². The molecule has 4 rings (SSSR count). The van der Waals surface area contributed by atoms with Gasteiger partial charge in [0.1, 0.15) is 5.65 Å². The standard InChI is InChI=1S/C16H16N6/c1-2-6-18-16-19-10-14-13(5-8-22(14)20-16)12-3-4-15-17-7-9-21(15)11-12/h3-5,7-11H,2,6H2,1H3,(H,18,20). The monoisotopic (exact) mass is 292 g/mol. The van der Waals surface area contributed by atoms with Crippen LogP contribution in [0.4, 0.5) is 5.95 Å². The Bertz CT molecular complexity index is 936. The first-order valence-corrected chi connectivity index (χ1v) is 7.36. The summed E-state index contributed by atoms with van der Waals surface area (Å²) < 4.78 is 3.87. The first-order valence-electron chi connectivity index (χ1n) is 7.36. The molecule has 0 fully saturated rings. The van der Waals surface area contributed by atoms with Gasteiger partial charge in [-0.15, -0.1) is 5.10 Å². The molecule has 1 N–H and O–H groups in total. The van der Waals surface area contributed by atoms with Gasteiger partial charge >= 0.3 is 0 Å². The zero-order valence-electron chi connectivity index (χ0n) is 12.3. The van der Waals surface area contributed by atoms with Crippen LogP contribution in [-0.4, -0.2) is 30.5 Å². The van der Waals surface area contributed by atoms with Crippen molar-refractivity contribution in [2.24, 2.45) is 0 Å². The summed E-state index contributed by atoms with van der Waals surface area (Å²) >= 11 is 0. The Morgan fingerprint density at radius 1 is 1.14 bits per heavy atom. The maximum Gasteiger partial charge on any atom is 0.240 e. The average Bonchev–Trinajstić information content (AvgIpc) is 3.18. The number of pyridine rings is 1. The van der Waals surface area contributed by atoms with Gasteiger partial charge in [0.15, 0.2) is 0 Å². The lowest BCUT2D eigenvalue weighted by molar-refractivity contribution is 0.877. The molecule has 0 saturated carbocycles. The molecule has 4 aromatic heterocycles. The van der Waals surface area contributed by atoms with Crippen LogP contribution in [0.3, 0.4) is 0 Å². The second kappa shape index (κ2) is 5.14. The summed E-state index contributed by atoms with van der Waals surface area (Å²) in [6, 6.07) is 6.14. The van der Waals surface area contributed by atoms with Gasteiger partial charge in [-0.1, -0.05) is 6.92 Å². The summed E-state index contributed by atoms with van der Waals surface area (Å²) in [6.07, 6.45) is 10.7. The normalized spacial score (nSPS) is 11.3. The summed E-state index contributed by atoms with van der Waals surface area (Å²) in [4.78, 5) is 8.66. The van der Waals surface area contributed by atoms with E-state index >= 15 is 0 Å². The molecule has 0 amide bonds. The third kappa shape index (κ3) is 2.09. The number of aromatic nitrogens is 5. The minimum absolute atomic E-state index is 0.654. The van der Waals surface area contributed by atoms with Gasteiger partial charge in [-0.25, -0.2) is 14.5 Å². The summed E-state index contributed by atoms with van der Waals surface area (Å²) in [5.74, 6) is 0.654. The number of imidazole rings is 1. The number of hydrogen-bond acceptors (Lipinski definition) is 4. The van der Waals surface area contributed by atoms with Gasteiger partial charge in [-0.2, -0.15) is 0 Å². The Hall–Kier alpha value is -2.89. The van der Waals surface area contributed by atoms with Crippen molar-refractivity contribution in [1.82, 2.24) is 24.0 Å². The number of hydrogen-bond donors (Lipinski definition) is 1. The minimum atomic E-state index is 0.654. The first-order chi connectivity index (χ1) is 10.8. The Morgan fingerprint density at radius 2 is 2.09 bits per heavy atom. The topological polar surface area (TPSA) is 59.5 Å². The van der Waals surface area contributed by atoms with Crippen LogP contribution in [-0.2, 0) is 0 Å². The molecule has 0 aliphatic rings. The third-order valence-corrected chi connectivity index (χ3v) is 3.65. The molecule has 0 spiro atoms. The molecule has 6 nitrogen and oxygen atoms in total. The molecule has 22 heavy (non-hydrogen) atoms. The van der Waals surface area contributed by atoms with E-state index in [-0.39, 0.29) is 0 Å². The predicted octanol–water partition coefficient (Wildman–Crippen LogP) is 2.87. The van der Waals surface area contributed by atoms with Gasteiger partial charge in [0, 0.05) is 42.5 Å². The van der Waals surface area contributed by atoms with E-state index in [4.69, 9.17) is 0 Å². The lowest BCUT2D eigenvalue weighted by Crippen LogP contribution is -2.06. The Labute approximate surface area is 127 Å². The van der Waals surface area contributed by atoms with Gasteiger partial charge in [0.05, 0.1) is 11.7 Å². The van der Waals surface area contributed by atoms with Gasteiger partial charge in [-0.05, 0) is 24.6 Å². The zero-order chi connectivity index (χ0) is 14.9. The third-order valence-electron chi connectivity index (χ3n) is 3.65. The maximum atomic E-state index is 4.49. The van der Waals surface area contributed by atoms with E-state index in [2.05, 4.69) is 45.6 Å². The maximum absolute atomic E-state index is 4.49. The van der Waals surface area contributed by atoms with Crippen molar-refractivity contribution >= 4 is 17.1 Å². The van der Waals surface area contributed by atoms with Crippen molar-refractivity contribution in [3.63, 3.8) is 0 Å². The number of fused-ring (bicyclic) bond motifs is 2. The van der Waals surface area contributed by atoms with Crippen molar-refractivity contribution in [2.45, 2.75) is 13.3 Å². The van der Waals surface area contributed by atoms with Crippen LogP contribution in [0.1, 0.15) is 13.3 Å². The first kappa shape index (κ1) is 12.8. The number of nitrogens with one attached hydrogen (secondary N) is 1. The molecule has 0 unspecified atom stereocenters. The highest BCUT2D eigenvalue weighted by Gasteiger charge is 2.08. The van der Waals surface area contributed by atoms with Crippen LogP contribution < -0.4 is 5.32 Å². The van der Waals surface area contributed by atoms with E-state index in [9.17, 15) is 0 Å². The van der Waals surface area contributed by atoms with E-state index in [0.29, 0.717) is 5.95 Å². The fourth-order valence-electron chi connectivity index (χ4n) is 2.54. The molecular formula is C16H16N6. The van der Waals surface area contributed by atoms with Crippen molar-refractivity contribution in [2.75, 3.05) is 11.9 Å². The quantitative estimate of drug-likeness (QED) is 0.628. The molecule has 0 aliphatic carbocycles. The molecule has 0 saturated heterocycles. The molecule has 0 radical (unpaired) electrons. The Morgan fingerprint density at radius 3 is 3.00 bits per heavy atom. The molecule has 0 aromatic carbocycles. The molecule has 0 bridgehead atoms. The highest BCUT2D eigenvalue weighted by Crippen LogP contribution is 2.25. The zero-order valence-corrected chi connectivity index (χ0v) is 12.3. The second-order valence-electron chi connectivity index (χ2n) is 5.18. The summed E-state index contributed by atoms with van der Waals surface area (Å²) in [5, 5.41) is 7.69. The molecular weight excluding hydrogens is 276 g/mol. The van der Waals surface area contributed by atoms with Crippen LogP contribution in [0.15, 0.2) is 49.2 Å². The lowest BCUT2D eigenvalue weighted by Gasteiger charge is -2.04. The molecule has 0 aliphatic heterocycles. The highest BCUT2D eigenvalue weighted by molar-refractivity contribution is 5.80. The fourth-order valence-corrected chi connectivity index (χ4v) is 2.54. The van der Waals surface area contributed by atoms with Crippen LogP contribution in [0.2, 0.25) is 0 Å². The summed E-state index contributed by atoms with van der Waals surface area (Å²) in [7, 11) is 0. The van der Waals surface area contributed by atoms with Crippen LogP contribution >= 0.6 is 0 Å². The largest absolute Gasteiger partial charge is 0.353 e. The molecule has 4 aromatic rings. The Kier molecular flexibility index (Phi) is 3.00. The van der Waals surface area contributed by atoms with Gasteiger partial charge in [0.2, 0.25) is 5.95 Å². The predicted molar refractivity (Wildman–Crippen MR) is 86.0 cm³/mol. The minimum Gasteiger partial charge on any atom is -0.353 e. The number of nitrogens with zero attached hydrogens (tertiary/aromatic N) is 5. The lowest BCUT2D eigenvalue weighted by atomic mass is 10.1. The summed E-state index contributed by atoms with van der Waals surface area (Å²) in [6.45, 7) is 2.99. The van der Waals surface area contributed by atoms with E-state index < -0.39 is 0 Å². The number of anilines is 1. The van der Waals surface area contributed by atoms with Crippen LogP contribution in [0, 0.1) is 0 Å². The smallest absolute Gasteiger partial charge is 0.240 e. The van der Waals surface area contributed by atoms with Crippen molar-refractivity contribution in [3.8, 4) is 11.1 Å². The van der Waals surface area contributed by atoms with Crippen molar-refractivity contribution in [3.05, 3.63) is 49.2 Å². The highest BCUT2D eigenvalue weighted by atomic mass is 15.3. The van der Waals surface area contributed by atoms with E-state index in [1.165, 1.54) is 0 Å². The van der Waals surface area contributed by atoms with Gasteiger partial charge in [0.25, 0.3) is 0 Å². The Balaban J connectivity index is 1.77. The molecule has 110 valence electrons. The van der Waals surface area contributed by atoms with Crippen molar-refractivity contribution < 1.29 is 0 Å². The van der Waals surface area contributed by atoms with E-state index in [1.807, 2.05) is 33.6 Å². The van der Waals surface area contributed by atoms with Crippen molar-refractivity contribution in [1.29, 1.82) is 0 Å². The van der Waals surface area contributed by atoms with E-state index in [1.54, 1.807) is 6.20 Å². The summed E-state index contributed by atoms with van der Waals surface area (Å²) in [5.41, 5.74) is 4.15. The fraction of sp³-hybridized carbons (Fsp3) is 0.188.